The molecule has 0 saturated carbocycles. The molecule has 2 N–H and O–H groups in total. The monoisotopic (exact) mass is 204 g/mol. The number of H-pyrrole nitrogens is 1. The minimum Gasteiger partial charge on any atom is -0.385 e. The molecular weight excluding hydrogens is 196 g/mol. The van der Waals surface area contributed by atoms with E-state index in [1.54, 1.807) is 30.3 Å². The number of amides is 1. The van der Waals surface area contributed by atoms with Crippen molar-refractivity contribution in [3.05, 3.63) is 52.5 Å². The number of rotatable bonds is 2. The molecule has 0 aliphatic carbocycles. The summed E-state index contributed by atoms with van der Waals surface area (Å²) in [5.74, 6) is -0.345. The number of aromatic nitrogens is 1. The molecule has 0 spiro atoms. The summed E-state index contributed by atoms with van der Waals surface area (Å²) in [6, 6.07) is 8.61. The topological polar surface area (TPSA) is 75.1 Å². The second-order valence-corrected chi connectivity index (χ2v) is 2.90. The maximum atomic E-state index is 11.6. The van der Waals surface area contributed by atoms with E-state index >= 15 is 0 Å². The summed E-state index contributed by atoms with van der Waals surface area (Å²) >= 11 is 0. The first kappa shape index (κ1) is 9.26. The van der Waals surface area contributed by atoms with Gasteiger partial charge in [0.15, 0.2) is 0 Å². The van der Waals surface area contributed by atoms with Crippen LogP contribution in [0, 0.1) is 0 Å². The fourth-order valence-electron chi connectivity index (χ4n) is 1.12. The summed E-state index contributed by atoms with van der Waals surface area (Å²) in [6.45, 7) is 0. The lowest BCUT2D eigenvalue weighted by molar-refractivity contribution is 0.102. The van der Waals surface area contributed by atoms with Gasteiger partial charge in [-0.15, -0.1) is 0 Å². The van der Waals surface area contributed by atoms with Crippen LogP contribution in [0.4, 0.5) is 5.69 Å². The summed E-state index contributed by atoms with van der Waals surface area (Å²) in [4.78, 5) is 22.6. The van der Waals surface area contributed by atoms with Crippen LogP contribution in [0.5, 0.6) is 0 Å². The van der Waals surface area contributed by atoms with Gasteiger partial charge in [0, 0.05) is 5.56 Å². The van der Waals surface area contributed by atoms with E-state index in [1.807, 2.05) is 0 Å². The Hall–Kier alpha value is -2.30. The number of anilines is 1. The van der Waals surface area contributed by atoms with Gasteiger partial charge < -0.3 is 9.84 Å². The number of carbonyl (C=O) groups is 1. The third kappa shape index (κ3) is 1.96. The Morgan fingerprint density at radius 2 is 2.00 bits per heavy atom. The van der Waals surface area contributed by atoms with Crippen LogP contribution < -0.4 is 10.9 Å². The SMILES string of the molecule is O=C(Nc1co[nH]c1=O)c1ccccc1. The second-order valence-electron chi connectivity index (χ2n) is 2.90. The van der Waals surface area contributed by atoms with Gasteiger partial charge in [-0.3, -0.25) is 9.59 Å². The quantitative estimate of drug-likeness (QED) is 0.772. The molecule has 0 atom stereocenters. The fourth-order valence-corrected chi connectivity index (χ4v) is 1.12. The molecule has 1 aromatic heterocycles. The van der Waals surface area contributed by atoms with Crippen molar-refractivity contribution >= 4 is 11.6 Å². The van der Waals surface area contributed by atoms with Gasteiger partial charge in [-0.1, -0.05) is 18.2 Å². The Morgan fingerprint density at radius 3 is 2.60 bits per heavy atom. The van der Waals surface area contributed by atoms with E-state index in [9.17, 15) is 9.59 Å². The molecule has 1 amide bonds. The van der Waals surface area contributed by atoms with Crippen LogP contribution in [0.1, 0.15) is 10.4 Å². The van der Waals surface area contributed by atoms with Crippen molar-refractivity contribution in [2.24, 2.45) is 0 Å². The van der Waals surface area contributed by atoms with Gasteiger partial charge in [-0.25, -0.2) is 0 Å². The molecule has 2 aromatic rings. The molecule has 0 aliphatic heterocycles. The highest BCUT2D eigenvalue weighted by molar-refractivity contribution is 6.03. The Bertz CT molecular complexity index is 513. The number of benzene rings is 1. The Kier molecular flexibility index (Phi) is 2.37. The Labute approximate surface area is 84.7 Å². The molecule has 0 unspecified atom stereocenters. The number of hydrogen-bond acceptors (Lipinski definition) is 3. The van der Waals surface area contributed by atoms with Crippen molar-refractivity contribution in [3.63, 3.8) is 0 Å². The van der Waals surface area contributed by atoms with E-state index in [2.05, 4.69) is 15.0 Å². The summed E-state index contributed by atoms with van der Waals surface area (Å²) in [6.07, 6.45) is 1.16. The van der Waals surface area contributed by atoms with Gasteiger partial charge >= 0.3 is 5.56 Å². The molecule has 0 aliphatic rings. The average molecular weight is 204 g/mol. The maximum Gasteiger partial charge on any atom is 0.303 e. The minimum atomic E-state index is -0.459. The molecular formula is C10H8N2O3. The van der Waals surface area contributed by atoms with Crippen LogP contribution in [-0.2, 0) is 0 Å². The first-order chi connectivity index (χ1) is 7.27. The maximum absolute atomic E-state index is 11.6. The fraction of sp³-hybridized carbons (Fsp3) is 0. The molecule has 5 heteroatoms. The molecule has 76 valence electrons. The van der Waals surface area contributed by atoms with Crippen LogP contribution in [0.15, 0.2) is 45.9 Å². The van der Waals surface area contributed by atoms with Crippen LogP contribution in [0.25, 0.3) is 0 Å². The zero-order valence-corrected chi connectivity index (χ0v) is 7.69. The van der Waals surface area contributed by atoms with Crippen LogP contribution >= 0.6 is 0 Å². The number of carbonyl (C=O) groups excluding carboxylic acids is 1. The smallest absolute Gasteiger partial charge is 0.303 e. The molecule has 0 fully saturated rings. The molecule has 1 aromatic carbocycles. The van der Waals surface area contributed by atoms with Crippen molar-refractivity contribution in [2.45, 2.75) is 0 Å². The van der Waals surface area contributed by atoms with Gasteiger partial charge in [0.05, 0.1) is 0 Å². The van der Waals surface area contributed by atoms with E-state index in [4.69, 9.17) is 0 Å². The second kappa shape index (κ2) is 3.83. The number of nitrogens with one attached hydrogen (secondary N) is 2. The van der Waals surface area contributed by atoms with Crippen molar-refractivity contribution in [2.75, 3.05) is 5.32 Å². The lowest BCUT2D eigenvalue weighted by Crippen LogP contribution is -2.16. The van der Waals surface area contributed by atoms with Gasteiger partial charge in [-0.2, -0.15) is 5.16 Å². The normalized spacial score (nSPS) is 9.87. The summed E-state index contributed by atoms with van der Waals surface area (Å²) < 4.78 is 4.53. The molecule has 0 saturated heterocycles. The Morgan fingerprint density at radius 1 is 1.27 bits per heavy atom. The Balaban J connectivity index is 2.18. The van der Waals surface area contributed by atoms with E-state index in [1.165, 1.54) is 0 Å². The zero-order chi connectivity index (χ0) is 10.7. The third-order valence-electron chi connectivity index (χ3n) is 1.86. The highest BCUT2D eigenvalue weighted by atomic mass is 16.5. The number of hydrogen-bond donors (Lipinski definition) is 2. The largest absolute Gasteiger partial charge is 0.385 e. The average Bonchev–Trinajstić information content (AvgIpc) is 2.66. The van der Waals surface area contributed by atoms with Crippen LogP contribution in [0.2, 0.25) is 0 Å². The van der Waals surface area contributed by atoms with E-state index < -0.39 is 5.56 Å². The number of aromatic amines is 1. The molecule has 0 radical (unpaired) electrons. The molecule has 2 rings (SSSR count). The predicted molar refractivity (Wildman–Crippen MR) is 53.7 cm³/mol. The summed E-state index contributed by atoms with van der Waals surface area (Å²) in [5, 5.41) is 4.51. The lowest BCUT2D eigenvalue weighted by atomic mass is 10.2. The molecule has 5 nitrogen and oxygen atoms in total. The van der Waals surface area contributed by atoms with Crippen LogP contribution in [0.3, 0.4) is 0 Å². The van der Waals surface area contributed by atoms with Crippen LogP contribution in [-0.4, -0.2) is 11.1 Å². The van der Waals surface area contributed by atoms with E-state index in [0.717, 1.165) is 6.26 Å². The van der Waals surface area contributed by atoms with Crippen molar-refractivity contribution < 1.29 is 9.32 Å². The minimum absolute atomic E-state index is 0.101. The molecule has 1 heterocycles. The van der Waals surface area contributed by atoms with Crippen molar-refractivity contribution in [1.29, 1.82) is 0 Å². The molecule has 0 bridgehead atoms. The van der Waals surface area contributed by atoms with Gasteiger partial charge in [-0.05, 0) is 12.1 Å². The van der Waals surface area contributed by atoms with Crippen molar-refractivity contribution in [3.8, 4) is 0 Å². The van der Waals surface area contributed by atoms with E-state index in [-0.39, 0.29) is 11.6 Å². The van der Waals surface area contributed by atoms with Gasteiger partial charge in [0.25, 0.3) is 5.91 Å². The summed E-state index contributed by atoms with van der Waals surface area (Å²) in [7, 11) is 0. The van der Waals surface area contributed by atoms with Crippen molar-refractivity contribution in [1.82, 2.24) is 5.16 Å². The highest BCUT2D eigenvalue weighted by Crippen LogP contribution is 2.03. The zero-order valence-electron chi connectivity index (χ0n) is 7.69. The van der Waals surface area contributed by atoms with E-state index in [0.29, 0.717) is 5.56 Å². The van der Waals surface area contributed by atoms with Gasteiger partial charge in [0.2, 0.25) is 0 Å². The lowest BCUT2D eigenvalue weighted by Gasteiger charge is -1.99. The van der Waals surface area contributed by atoms with Gasteiger partial charge in [0.1, 0.15) is 12.0 Å². The standard InChI is InChI=1S/C10H8N2O3/c13-9(7-4-2-1-3-5-7)11-8-6-15-12-10(8)14/h1-6H,(H,11,13)(H,12,14). The first-order valence-electron chi connectivity index (χ1n) is 4.30. The first-order valence-corrected chi connectivity index (χ1v) is 4.30. The molecule has 15 heavy (non-hydrogen) atoms. The third-order valence-corrected chi connectivity index (χ3v) is 1.86. The highest BCUT2D eigenvalue weighted by Gasteiger charge is 2.08. The summed E-state index contributed by atoms with van der Waals surface area (Å²) in [5.41, 5.74) is 0.126. The predicted octanol–water partition coefficient (Wildman–Crippen LogP) is 1.22.